The fourth-order valence-electron chi connectivity index (χ4n) is 8.34. The third-order valence-corrected chi connectivity index (χ3v) is 14.9. The summed E-state index contributed by atoms with van der Waals surface area (Å²) < 4.78 is 0. The van der Waals surface area contributed by atoms with Crippen LogP contribution in [0.25, 0.3) is 65.7 Å². The Morgan fingerprint density at radius 3 is 1.16 bits per heavy atom. The maximum atomic E-state index is 2.54. The first-order valence-corrected chi connectivity index (χ1v) is 17.1. The topological polar surface area (TPSA) is 0 Å². The van der Waals surface area contributed by atoms with Crippen LogP contribution in [0.1, 0.15) is 0 Å². The second kappa shape index (κ2) is 8.41. The second-order valence-electron chi connectivity index (χ2n) is 12.0. The van der Waals surface area contributed by atoms with Crippen LogP contribution >= 0.6 is 0 Å². The molecule has 8 aromatic rings. The van der Waals surface area contributed by atoms with Crippen molar-refractivity contribution in [2.75, 3.05) is 0 Å². The molecule has 0 N–H and O–H groups in total. The summed E-state index contributed by atoms with van der Waals surface area (Å²) >= 11 is 0. The normalized spacial score (nSPS) is 13.8. The van der Waals surface area contributed by atoms with E-state index < -0.39 is 8.07 Å². The van der Waals surface area contributed by atoms with Gasteiger partial charge in [0.2, 0.25) is 0 Å². The average Bonchev–Trinajstić information content (AvgIpc) is 3.56. The van der Waals surface area contributed by atoms with Gasteiger partial charge in [-0.2, -0.15) is 0 Å². The van der Waals surface area contributed by atoms with Gasteiger partial charge >= 0.3 is 0 Å². The number of rotatable bonds is 2. The van der Waals surface area contributed by atoms with Crippen molar-refractivity contribution < 1.29 is 0 Å². The molecule has 0 aromatic heterocycles. The highest BCUT2D eigenvalue weighted by molar-refractivity contribution is 7.25. The van der Waals surface area contributed by atoms with Crippen molar-refractivity contribution in [1.29, 1.82) is 0 Å². The molecule has 2 aliphatic heterocycles. The molecule has 1 spiro atoms. The van der Waals surface area contributed by atoms with Gasteiger partial charge in [0, 0.05) is 0 Å². The summed E-state index contributed by atoms with van der Waals surface area (Å²) in [6.07, 6.45) is 0. The van der Waals surface area contributed by atoms with Crippen molar-refractivity contribution in [1.82, 2.24) is 0 Å². The molecule has 8 aromatic carbocycles. The lowest BCUT2D eigenvalue weighted by molar-refractivity contribution is 1.62. The van der Waals surface area contributed by atoms with Crippen LogP contribution < -0.4 is 20.7 Å². The van der Waals surface area contributed by atoms with E-state index in [-0.39, 0.29) is 0 Å². The third-order valence-electron chi connectivity index (χ3n) is 10.0. The minimum Gasteiger partial charge on any atom is -0.0622 e. The van der Waals surface area contributed by atoms with Gasteiger partial charge in [-0.05, 0) is 86.4 Å². The first-order chi connectivity index (χ1) is 21.3. The molecule has 0 saturated heterocycles. The van der Waals surface area contributed by atoms with Crippen LogP contribution in [0.5, 0.6) is 0 Å². The summed E-state index contributed by atoms with van der Waals surface area (Å²) in [4.78, 5) is 0. The van der Waals surface area contributed by atoms with E-state index in [0.29, 0.717) is 0 Å². The molecular formula is C42H26Si. The van der Waals surface area contributed by atoms with Crippen LogP contribution in [0.3, 0.4) is 0 Å². The fraction of sp³-hybridized carbons (Fsp3) is 0. The molecule has 1 heteroatoms. The fourth-order valence-corrected chi connectivity index (χ4v) is 14.0. The molecule has 0 aliphatic carbocycles. The van der Waals surface area contributed by atoms with E-state index in [9.17, 15) is 0 Å². The molecule has 0 unspecified atom stereocenters. The second-order valence-corrected chi connectivity index (χ2v) is 15.7. The number of benzene rings is 8. The highest BCUT2D eigenvalue weighted by Gasteiger charge is 2.53. The van der Waals surface area contributed by atoms with Gasteiger partial charge in [0.25, 0.3) is 0 Å². The van der Waals surface area contributed by atoms with E-state index in [2.05, 4.69) is 158 Å². The predicted octanol–water partition coefficient (Wildman–Crippen LogP) is 8.15. The highest BCUT2D eigenvalue weighted by Crippen LogP contribution is 2.42. The largest absolute Gasteiger partial charge is 0.182 e. The third kappa shape index (κ3) is 2.90. The zero-order valence-corrected chi connectivity index (χ0v) is 24.5. The van der Waals surface area contributed by atoms with Crippen LogP contribution in [0.15, 0.2) is 158 Å². The maximum Gasteiger partial charge on any atom is 0.182 e. The molecule has 43 heavy (non-hydrogen) atoms. The number of hydrogen-bond acceptors (Lipinski definition) is 0. The van der Waals surface area contributed by atoms with E-state index >= 15 is 0 Å². The predicted molar refractivity (Wildman–Crippen MR) is 186 cm³/mol. The molecule has 2 heterocycles. The molecule has 0 saturated carbocycles. The lowest BCUT2D eigenvalue weighted by Gasteiger charge is -2.29. The lowest BCUT2D eigenvalue weighted by Crippen LogP contribution is -2.71. The monoisotopic (exact) mass is 558 g/mol. The van der Waals surface area contributed by atoms with Gasteiger partial charge in [0.15, 0.2) is 8.07 Å². The van der Waals surface area contributed by atoms with Crippen molar-refractivity contribution in [3.63, 3.8) is 0 Å². The molecule has 198 valence electrons. The summed E-state index contributed by atoms with van der Waals surface area (Å²) in [7, 11) is -2.64. The van der Waals surface area contributed by atoms with Gasteiger partial charge in [-0.15, -0.1) is 0 Å². The van der Waals surface area contributed by atoms with Crippen LogP contribution in [0.2, 0.25) is 0 Å². The Labute approximate surface area is 251 Å². The molecule has 0 amide bonds. The summed E-state index contributed by atoms with van der Waals surface area (Å²) in [5, 5.41) is 14.5. The quantitative estimate of drug-likeness (QED) is 0.148. The Balaban J connectivity index is 1.40. The van der Waals surface area contributed by atoms with E-state index in [4.69, 9.17) is 0 Å². The van der Waals surface area contributed by atoms with E-state index in [1.165, 1.54) is 86.4 Å². The van der Waals surface area contributed by atoms with Crippen molar-refractivity contribution in [2.24, 2.45) is 0 Å². The molecule has 10 rings (SSSR count). The molecule has 0 atom stereocenters. The first kappa shape index (κ1) is 23.3. The summed E-state index contributed by atoms with van der Waals surface area (Å²) in [6.45, 7) is 0. The Bertz CT molecular complexity index is 2260. The number of hydrogen-bond donors (Lipinski definition) is 0. The minimum atomic E-state index is -2.64. The molecule has 2 aliphatic rings. The smallest absolute Gasteiger partial charge is 0.0622 e. The maximum absolute atomic E-state index is 2.64. The van der Waals surface area contributed by atoms with E-state index in [1.807, 2.05) is 0 Å². The van der Waals surface area contributed by atoms with E-state index in [1.54, 1.807) is 0 Å². The average molecular weight is 559 g/mol. The van der Waals surface area contributed by atoms with Gasteiger partial charge < -0.3 is 0 Å². The molecule has 0 radical (unpaired) electrons. The van der Waals surface area contributed by atoms with Gasteiger partial charge in [-0.1, -0.05) is 158 Å². The summed E-state index contributed by atoms with van der Waals surface area (Å²) in [6, 6.07) is 59.6. The Kier molecular flexibility index (Phi) is 4.56. The Morgan fingerprint density at radius 2 is 0.698 bits per heavy atom. The first-order valence-electron chi connectivity index (χ1n) is 15.1. The van der Waals surface area contributed by atoms with Gasteiger partial charge in [-0.3, -0.25) is 0 Å². The number of fused-ring (bicyclic) bond motifs is 10. The minimum absolute atomic E-state index is 1.27. The SMILES string of the molecule is c1ccc(-c2ccc3c(c2)[Si]2(c4cc(-c5ccccc5)ccc4-3)c3cccc4c5ccccc5c5cccc2c5c34)cc1. The molecule has 0 bridgehead atoms. The van der Waals surface area contributed by atoms with Crippen LogP contribution in [0.4, 0.5) is 0 Å². The zero-order chi connectivity index (χ0) is 28.1. The van der Waals surface area contributed by atoms with Crippen molar-refractivity contribution in [2.45, 2.75) is 0 Å². The van der Waals surface area contributed by atoms with Crippen molar-refractivity contribution in [3.05, 3.63) is 158 Å². The zero-order valence-electron chi connectivity index (χ0n) is 23.5. The van der Waals surface area contributed by atoms with Crippen LogP contribution in [-0.2, 0) is 0 Å². The Morgan fingerprint density at radius 1 is 0.279 bits per heavy atom. The van der Waals surface area contributed by atoms with Crippen molar-refractivity contribution >= 4 is 61.1 Å². The highest BCUT2D eigenvalue weighted by atomic mass is 28.3. The lowest BCUT2D eigenvalue weighted by atomic mass is 9.95. The van der Waals surface area contributed by atoms with Crippen molar-refractivity contribution in [3.8, 4) is 33.4 Å². The van der Waals surface area contributed by atoms with Crippen LogP contribution in [0, 0.1) is 0 Å². The van der Waals surface area contributed by atoms with Gasteiger partial charge in [0.1, 0.15) is 0 Å². The van der Waals surface area contributed by atoms with Gasteiger partial charge in [-0.25, -0.2) is 0 Å². The molecular weight excluding hydrogens is 533 g/mol. The van der Waals surface area contributed by atoms with E-state index in [0.717, 1.165) is 0 Å². The summed E-state index contributed by atoms with van der Waals surface area (Å²) in [5.41, 5.74) is 7.92. The molecule has 0 nitrogen and oxygen atoms in total. The Hall–Kier alpha value is -5.24. The van der Waals surface area contributed by atoms with Gasteiger partial charge in [0.05, 0.1) is 0 Å². The standard InChI is InChI=1S/C42H26Si/c1-3-11-27(12-4-1)29-21-23-33-34-24-22-30(28-13-5-2-6-14-28)26-40(34)43(39(33)25-29)37-19-9-17-35-31-15-7-8-16-32(31)36-18-10-20-38(43)42(36)41(35)37/h1-26H. The summed E-state index contributed by atoms with van der Waals surface area (Å²) in [5.74, 6) is 0. The van der Waals surface area contributed by atoms with Crippen LogP contribution in [-0.4, -0.2) is 8.07 Å². The molecule has 0 fully saturated rings.